The molecule has 2 rings (SSSR count). The molecule has 6 heteroatoms. The molecule has 74 valence electrons. The van der Waals surface area contributed by atoms with Crippen molar-refractivity contribution in [1.29, 1.82) is 0 Å². The summed E-state index contributed by atoms with van der Waals surface area (Å²) in [6, 6.07) is 1.67. The Balaban J connectivity index is 2.47. The maximum absolute atomic E-state index is 11.1. The summed E-state index contributed by atoms with van der Waals surface area (Å²) in [4.78, 5) is 15.1. The zero-order valence-electron chi connectivity index (χ0n) is 7.64. The normalized spacial score (nSPS) is 13.3. The van der Waals surface area contributed by atoms with Gasteiger partial charge in [0.05, 0.1) is 6.10 Å². The van der Waals surface area contributed by atoms with Crippen LogP contribution in [0.3, 0.4) is 0 Å². The standard InChI is InChI=1S/C8H10N4O2/c1-5(13)2-6-3-7-10-11-8(14)12(7)4-9-6/h3-5,13H,2H2,1H3,(H,11,14). The van der Waals surface area contributed by atoms with Gasteiger partial charge in [-0.3, -0.25) is 0 Å². The van der Waals surface area contributed by atoms with Crippen LogP contribution in [0.5, 0.6) is 0 Å². The number of fused-ring (bicyclic) bond motifs is 1. The topological polar surface area (TPSA) is 83.3 Å². The van der Waals surface area contributed by atoms with Gasteiger partial charge in [0.1, 0.15) is 6.33 Å². The summed E-state index contributed by atoms with van der Waals surface area (Å²) in [7, 11) is 0. The van der Waals surface area contributed by atoms with Gasteiger partial charge in [0, 0.05) is 18.2 Å². The first-order valence-electron chi connectivity index (χ1n) is 4.26. The van der Waals surface area contributed by atoms with Crippen LogP contribution in [-0.2, 0) is 6.42 Å². The molecule has 2 aromatic rings. The number of hydrogen-bond donors (Lipinski definition) is 2. The van der Waals surface area contributed by atoms with Crippen molar-refractivity contribution in [2.75, 3.05) is 0 Å². The molecule has 6 nitrogen and oxygen atoms in total. The van der Waals surface area contributed by atoms with Gasteiger partial charge in [0.25, 0.3) is 0 Å². The number of aliphatic hydroxyl groups excluding tert-OH is 1. The van der Waals surface area contributed by atoms with Gasteiger partial charge in [-0.25, -0.2) is 19.3 Å². The number of aliphatic hydroxyl groups is 1. The minimum atomic E-state index is -0.449. The summed E-state index contributed by atoms with van der Waals surface area (Å²) < 4.78 is 1.31. The second kappa shape index (κ2) is 3.22. The van der Waals surface area contributed by atoms with Crippen molar-refractivity contribution in [3.63, 3.8) is 0 Å². The zero-order chi connectivity index (χ0) is 10.1. The molecule has 2 aromatic heterocycles. The highest BCUT2D eigenvalue weighted by Crippen LogP contribution is 2.01. The van der Waals surface area contributed by atoms with Crippen molar-refractivity contribution in [2.45, 2.75) is 19.4 Å². The second-order valence-corrected chi connectivity index (χ2v) is 3.19. The van der Waals surface area contributed by atoms with Gasteiger partial charge in [0.2, 0.25) is 0 Å². The van der Waals surface area contributed by atoms with Gasteiger partial charge < -0.3 is 5.11 Å². The molecular formula is C8H10N4O2. The average Bonchev–Trinajstić information content (AvgIpc) is 2.46. The van der Waals surface area contributed by atoms with E-state index in [2.05, 4.69) is 15.2 Å². The summed E-state index contributed by atoms with van der Waals surface area (Å²) in [5, 5.41) is 15.2. The molecule has 0 amide bonds. The van der Waals surface area contributed by atoms with Crippen molar-refractivity contribution in [2.24, 2.45) is 0 Å². The van der Waals surface area contributed by atoms with E-state index < -0.39 is 6.10 Å². The van der Waals surface area contributed by atoms with E-state index in [4.69, 9.17) is 5.11 Å². The van der Waals surface area contributed by atoms with E-state index in [1.807, 2.05) is 0 Å². The summed E-state index contributed by atoms with van der Waals surface area (Å²) >= 11 is 0. The van der Waals surface area contributed by atoms with Gasteiger partial charge >= 0.3 is 5.69 Å². The highest BCUT2D eigenvalue weighted by atomic mass is 16.3. The third kappa shape index (κ3) is 1.51. The first-order chi connectivity index (χ1) is 6.66. The lowest BCUT2D eigenvalue weighted by Gasteiger charge is -2.02. The van der Waals surface area contributed by atoms with Gasteiger partial charge in [0.15, 0.2) is 5.65 Å². The molecule has 0 aromatic carbocycles. The number of aromatic nitrogens is 4. The SMILES string of the molecule is CC(O)Cc1cc2n[nH]c(=O)n2cn1. The van der Waals surface area contributed by atoms with Crippen LogP contribution in [-0.4, -0.2) is 30.8 Å². The molecular weight excluding hydrogens is 184 g/mol. The number of hydrogen-bond acceptors (Lipinski definition) is 4. The van der Waals surface area contributed by atoms with E-state index >= 15 is 0 Å². The lowest BCUT2D eigenvalue weighted by Crippen LogP contribution is -2.11. The number of rotatable bonds is 2. The van der Waals surface area contributed by atoms with Crippen molar-refractivity contribution in [1.82, 2.24) is 19.6 Å². The molecule has 0 saturated heterocycles. The van der Waals surface area contributed by atoms with Crippen LogP contribution in [0, 0.1) is 0 Å². The Bertz CT molecular complexity index is 499. The second-order valence-electron chi connectivity index (χ2n) is 3.19. The van der Waals surface area contributed by atoms with Gasteiger partial charge in [-0.2, -0.15) is 5.10 Å². The quantitative estimate of drug-likeness (QED) is 0.664. The summed E-state index contributed by atoms with van der Waals surface area (Å²) in [6.07, 6.45) is 1.41. The Kier molecular flexibility index (Phi) is 2.05. The maximum Gasteiger partial charge on any atom is 0.348 e. The number of nitrogens with one attached hydrogen (secondary N) is 1. The molecule has 0 aliphatic heterocycles. The largest absolute Gasteiger partial charge is 0.393 e. The Morgan fingerprint density at radius 1 is 1.71 bits per heavy atom. The fourth-order valence-corrected chi connectivity index (χ4v) is 1.26. The van der Waals surface area contributed by atoms with Gasteiger partial charge in [-0.05, 0) is 6.92 Å². The van der Waals surface area contributed by atoms with Crippen molar-refractivity contribution in [3.05, 3.63) is 28.6 Å². The molecule has 0 aliphatic carbocycles. The van der Waals surface area contributed by atoms with Crippen LogP contribution in [0.2, 0.25) is 0 Å². The Morgan fingerprint density at radius 3 is 3.21 bits per heavy atom. The summed E-state index contributed by atoms with van der Waals surface area (Å²) in [5.41, 5.74) is 0.920. The fraction of sp³-hybridized carbons (Fsp3) is 0.375. The average molecular weight is 194 g/mol. The molecule has 2 N–H and O–H groups in total. The molecule has 0 bridgehead atoms. The van der Waals surface area contributed by atoms with Gasteiger partial charge in [-0.15, -0.1) is 0 Å². The Labute approximate surface area is 79.2 Å². The van der Waals surface area contributed by atoms with Crippen LogP contribution in [0.4, 0.5) is 0 Å². The third-order valence-corrected chi connectivity index (χ3v) is 1.87. The molecule has 0 saturated carbocycles. The molecule has 0 aliphatic rings. The summed E-state index contributed by atoms with van der Waals surface area (Å²) in [6.45, 7) is 1.68. The molecule has 0 fully saturated rings. The van der Waals surface area contributed by atoms with Crippen molar-refractivity contribution < 1.29 is 5.11 Å². The highest BCUT2D eigenvalue weighted by molar-refractivity contribution is 5.36. The van der Waals surface area contributed by atoms with Crippen LogP contribution in [0.15, 0.2) is 17.2 Å². The molecule has 14 heavy (non-hydrogen) atoms. The first kappa shape index (κ1) is 8.89. The zero-order valence-corrected chi connectivity index (χ0v) is 7.64. The van der Waals surface area contributed by atoms with E-state index in [1.165, 1.54) is 10.7 Å². The summed E-state index contributed by atoms with van der Waals surface area (Å²) in [5.74, 6) is 0. The molecule has 2 heterocycles. The van der Waals surface area contributed by atoms with Crippen molar-refractivity contribution >= 4 is 5.65 Å². The van der Waals surface area contributed by atoms with Crippen LogP contribution < -0.4 is 5.69 Å². The van der Waals surface area contributed by atoms with Crippen molar-refractivity contribution in [3.8, 4) is 0 Å². The predicted octanol–water partition coefficient (Wildman–Crippen LogP) is -0.659. The maximum atomic E-state index is 11.1. The van der Waals surface area contributed by atoms with E-state index in [9.17, 15) is 4.79 Å². The lowest BCUT2D eigenvalue weighted by atomic mass is 10.2. The Hall–Kier alpha value is -1.69. The van der Waals surface area contributed by atoms with E-state index in [0.717, 1.165) is 0 Å². The highest BCUT2D eigenvalue weighted by Gasteiger charge is 2.04. The lowest BCUT2D eigenvalue weighted by molar-refractivity contribution is 0.194. The van der Waals surface area contributed by atoms with E-state index in [-0.39, 0.29) is 5.69 Å². The van der Waals surface area contributed by atoms with Gasteiger partial charge in [-0.1, -0.05) is 0 Å². The minimum absolute atomic E-state index is 0.309. The molecule has 1 atom stereocenters. The predicted molar refractivity (Wildman–Crippen MR) is 49.0 cm³/mol. The van der Waals surface area contributed by atoms with E-state index in [1.54, 1.807) is 13.0 Å². The van der Waals surface area contributed by atoms with Crippen LogP contribution in [0.1, 0.15) is 12.6 Å². The fourth-order valence-electron chi connectivity index (χ4n) is 1.26. The number of H-pyrrole nitrogens is 1. The number of nitrogens with zero attached hydrogens (tertiary/aromatic N) is 3. The molecule has 0 spiro atoms. The van der Waals surface area contributed by atoms with E-state index in [0.29, 0.717) is 17.8 Å². The first-order valence-corrected chi connectivity index (χ1v) is 4.26. The minimum Gasteiger partial charge on any atom is -0.393 e. The number of aromatic amines is 1. The molecule has 1 unspecified atom stereocenters. The van der Waals surface area contributed by atoms with Crippen LogP contribution >= 0.6 is 0 Å². The molecule has 0 radical (unpaired) electrons. The Morgan fingerprint density at radius 2 is 2.50 bits per heavy atom. The smallest absolute Gasteiger partial charge is 0.348 e. The van der Waals surface area contributed by atoms with Crippen LogP contribution in [0.25, 0.3) is 5.65 Å². The monoisotopic (exact) mass is 194 g/mol. The third-order valence-electron chi connectivity index (χ3n) is 1.87.